The third-order valence-corrected chi connectivity index (χ3v) is 4.67. The van der Waals surface area contributed by atoms with Gasteiger partial charge in [0.15, 0.2) is 11.4 Å². The molecule has 0 saturated carbocycles. The lowest BCUT2D eigenvalue weighted by atomic mass is 9.89. The lowest BCUT2D eigenvalue weighted by Gasteiger charge is -2.19. The Labute approximate surface area is 127 Å². The molecule has 0 radical (unpaired) electrons. The van der Waals surface area contributed by atoms with Gasteiger partial charge in [-0.1, -0.05) is 28.1 Å². The summed E-state index contributed by atoms with van der Waals surface area (Å²) in [5.41, 5.74) is -0.821. The molecule has 20 heavy (non-hydrogen) atoms. The average molecular weight is 352 g/mol. The Balaban J connectivity index is 1.96. The number of amides is 1. The number of aliphatic hydroxyl groups is 1. The van der Waals surface area contributed by atoms with Gasteiger partial charge in [0.1, 0.15) is 0 Å². The zero-order valence-corrected chi connectivity index (χ0v) is 12.6. The van der Waals surface area contributed by atoms with E-state index in [9.17, 15) is 14.7 Å². The summed E-state index contributed by atoms with van der Waals surface area (Å²) in [6.07, 6.45) is -0.256. The summed E-state index contributed by atoms with van der Waals surface area (Å²) < 4.78 is 0.797. The molecule has 0 unspecified atom stereocenters. The molecule has 2 heterocycles. The molecule has 2 aromatic rings. The number of rotatable bonds is 3. The van der Waals surface area contributed by atoms with E-state index in [2.05, 4.69) is 21.2 Å². The average Bonchev–Trinajstić information content (AvgIpc) is 2.98. The van der Waals surface area contributed by atoms with E-state index >= 15 is 0 Å². The fraction of sp³-hybridized carbons (Fsp3) is 0.143. The molecule has 102 valence electrons. The van der Waals surface area contributed by atoms with Crippen LogP contribution in [0.4, 0.5) is 5.69 Å². The highest BCUT2D eigenvalue weighted by Crippen LogP contribution is 2.40. The van der Waals surface area contributed by atoms with E-state index in [0.717, 1.165) is 4.47 Å². The number of carbonyl (C=O) groups is 2. The first-order valence-corrected chi connectivity index (χ1v) is 7.58. The molecule has 0 spiro atoms. The predicted molar refractivity (Wildman–Crippen MR) is 79.9 cm³/mol. The van der Waals surface area contributed by atoms with Gasteiger partial charge in [-0.15, -0.1) is 11.3 Å². The van der Waals surface area contributed by atoms with Gasteiger partial charge in [0.2, 0.25) is 0 Å². The minimum absolute atomic E-state index is 0.242. The fourth-order valence-electron chi connectivity index (χ4n) is 2.26. The Morgan fingerprint density at radius 1 is 1.40 bits per heavy atom. The van der Waals surface area contributed by atoms with Crippen molar-refractivity contribution in [3.8, 4) is 0 Å². The van der Waals surface area contributed by atoms with Crippen LogP contribution in [0.2, 0.25) is 0 Å². The number of Topliss-reactive ketones (excluding diaryl/α,β-unsaturated/α-hetero) is 1. The van der Waals surface area contributed by atoms with Crippen molar-refractivity contribution in [1.82, 2.24) is 0 Å². The van der Waals surface area contributed by atoms with Gasteiger partial charge in [-0.2, -0.15) is 0 Å². The second kappa shape index (κ2) is 4.80. The van der Waals surface area contributed by atoms with E-state index < -0.39 is 11.5 Å². The first-order chi connectivity index (χ1) is 9.50. The van der Waals surface area contributed by atoms with Crippen LogP contribution in [0.25, 0.3) is 0 Å². The second-order valence-electron chi connectivity index (χ2n) is 4.58. The standard InChI is InChI=1S/C14H10BrNO3S/c15-8-3-4-9-10(6-8)16-13(18)14(9,19)7-11(17)12-2-1-5-20-12/h1-6,19H,7H2,(H,16,18)/t14-/m0/s1. The zero-order valence-electron chi connectivity index (χ0n) is 10.2. The van der Waals surface area contributed by atoms with Crippen LogP contribution in [0.5, 0.6) is 0 Å². The van der Waals surface area contributed by atoms with Gasteiger partial charge in [-0.3, -0.25) is 9.59 Å². The summed E-state index contributed by atoms with van der Waals surface area (Å²) >= 11 is 4.60. The van der Waals surface area contributed by atoms with E-state index in [1.807, 2.05) is 0 Å². The third kappa shape index (κ3) is 2.09. The van der Waals surface area contributed by atoms with Crippen molar-refractivity contribution in [1.29, 1.82) is 0 Å². The first kappa shape index (κ1) is 13.5. The molecule has 6 heteroatoms. The van der Waals surface area contributed by atoms with E-state index in [-0.39, 0.29) is 12.2 Å². The highest BCUT2D eigenvalue weighted by Gasteiger charge is 2.46. The molecule has 1 amide bonds. The first-order valence-electron chi connectivity index (χ1n) is 5.91. The minimum Gasteiger partial charge on any atom is -0.375 e. The number of hydrogen-bond donors (Lipinski definition) is 2. The molecule has 0 fully saturated rings. The molecule has 2 N–H and O–H groups in total. The molecule has 1 aromatic carbocycles. The SMILES string of the molecule is O=C(C[C@@]1(O)C(=O)Nc2cc(Br)ccc21)c1cccs1. The van der Waals surface area contributed by atoms with Crippen molar-refractivity contribution in [2.45, 2.75) is 12.0 Å². The van der Waals surface area contributed by atoms with Gasteiger partial charge < -0.3 is 10.4 Å². The normalized spacial score (nSPS) is 20.6. The van der Waals surface area contributed by atoms with Crippen LogP contribution in [0, 0.1) is 0 Å². The van der Waals surface area contributed by atoms with E-state index in [1.165, 1.54) is 11.3 Å². The molecule has 1 atom stereocenters. The van der Waals surface area contributed by atoms with Crippen LogP contribution < -0.4 is 5.32 Å². The van der Waals surface area contributed by atoms with Crippen molar-refractivity contribution >= 4 is 44.6 Å². The molecular weight excluding hydrogens is 342 g/mol. The molecule has 4 nitrogen and oxygen atoms in total. The molecule has 3 rings (SSSR count). The van der Waals surface area contributed by atoms with Gasteiger partial charge in [-0.25, -0.2) is 0 Å². The van der Waals surface area contributed by atoms with Crippen molar-refractivity contribution in [2.24, 2.45) is 0 Å². The fourth-order valence-corrected chi connectivity index (χ4v) is 3.29. The number of anilines is 1. The van der Waals surface area contributed by atoms with Gasteiger partial charge in [0, 0.05) is 15.7 Å². The summed E-state index contributed by atoms with van der Waals surface area (Å²) in [5.74, 6) is -0.802. The second-order valence-corrected chi connectivity index (χ2v) is 6.44. The zero-order chi connectivity index (χ0) is 14.3. The number of carbonyl (C=O) groups excluding carboxylic acids is 2. The monoisotopic (exact) mass is 351 g/mol. The Hall–Kier alpha value is -1.50. The van der Waals surface area contributed by atoms with Crippen LogP contribution in [-0.4, -0.2) is 16.8 Å². The number of benzene rings is 1. The van der Waals surface area contributed by atoms with E-state index in [4.69, 9.17) is 0 Å². The molecule has 0 aliphatic carbocycles. The van der Waals surface area contributed by atoms with Crippen LogP contribution in [0.15, 0.2) is 40.2 Å². The highest BCUT2D eigenvalue weighted by atomic mass is 79.9. The van der Waals surface area contributed by atoms with Crippen LogP contribution in [-0.2, 0) is 10.4 Å². The van der Waals surface area contributed by atoms with Crippen molar-refractivity contribution in [3.63, 3.8) is 0 Å². The number of fused-ring (bicyclic) bond motifs is 1. The largest absolute Gasteiger partial charge is 0.375 e. The smallest absolute Gasteiger partial charge is 0.261 e. The summed E-state index contributed by atoms with van der Waals surface area (Å²) in [4.78, 5) is 24.7. The topological polar surface area (TPSA) is 66.4 Å². The number of halogens is 1. The Kier molecular flexibility index (Phi) is 3.24. The quantitative estimate of drug-likeness (QED) is 0.835. The van der Waals surface area contributed by atoms with Gasteiger partial charge >= 0.3 is 0 Å². The molecule has 1 aromatic heterocycles. The summed E-state index contributed by atoms with van der Waals surface area (Å²) in [7, 11) is 0. The maximum atomic E-state index is 12.2. The van der Waals surface area contributed by atoms with Crippen LogP contribution in [0.1, 0.15) is 21.7 Å². The molecule has 0 bridgehead atoms. The van der Waals surface area contributed by atoms with Crippen molar-refractivity contribution < 1.29 is 14.7 Å². The molecule has 0 saturated heterocycles. The van der Waals surface area contributed by atoms with Gasteiger partial charge in [-0.05, 0) is 23.6 Å². The van der Waals surface area contributed by atoms with E-state index in [0.29, 0.717) is 16.1 Å². The van der Waals surface area contributed by atoms with Crippen molar-refractivity contribution in [3.05, 3.63) is 50.6 Å². The lowest BCUT2D eigenvalue weighted by Crippen LogP contribution is -2.36. The predicted octanol–water partition coefficient (Wildman–Crippen LogP) is 2.92. The third-order valence-electron chi connectivity index (χ3n) is 3.26. The van der Waals surface area contributed by atoms with Gasteiger partial charge in [0.05, 0.1) is 11.3 Å². The highest BCUT2D eigenvalue weighted by molar-refractivity contribution is 9.10. The Morgan fingerprint density at radius 2 is 2.20 bits per heavy atom. The van der Waals surface area contributed by atoms with Crippen LogP contribution in [0.3, 0.4) is 0 Å². The maximum Gasteiger partial charge on any atom is 0.261 e. The summed E-state index contributed by atoms with van der Waals surface area (Å²) in [6, 6.07) is 8.55. The van der Waals surface area contributed by atoms with Crippen molar-refractivity contribution in [2.75, 3.05) is 5.32 Å². The van der Waals surface area contributed by atoms with Crippen LogP contribution >= 0.6 is 27.3 Å². The Morgan fingerprint density at radius 3 is 2.90 bits per heavy atom. The lowest BCUT2D eigenvalue weighted by molar-refractivity contribution is -0.133. The summed E-state index contributed by atoms with van der Waals surface area (Å²) in [6.45, 7) is 0. The minimum atomic E-state index is -1.79. The number of ketones is 1. The molecule has 1 aliphatic heterocycles. The summed E-state index contributed by atoms with van der Waals surface area (Å²) in [5, 5.41) is 15.0. The maximum absolute atomic E-state index is 12.2. The molecule has 1 aliphatic rings. The number of hydrogen-bond acceptors (Lipinski definition) is 4. The van der Waals surface area contributed by atoms with Gasteiger partial charge in [0.25, 0.3) is 5.91 Å². The van der Waals surface area contributed by atoms with E-state index in [1.54, 1.807) is 35.7 Å². The molecular formula is C14H10BrNO3S. The Bertz CT molecular complexity index is 698. The number of thiophene rings is 1. The number of nitrogens with one attached hydrogen (secondary N) is 1.